The van der Waals surface area contributed by atoms with E-state index in [9.17, 15) is 19.7 Å². The van der Waals surface area contributed by atoms with E-state index in [2.05, 4.69) is 10.6 Å². The Morgan fingerprint density at radius 2 is 2.08 bits per heavy atom. The molecule has 3 rings (SSSR count). The molecular formula is C17H16N4O5. The highest BCUT2D eigenvalue weighted by Gasteiger charge is 2.28. The Kier molecular flexibility index (Phi) is 4.21. The summed E-state index contributed by atoms with van der Waals surface area (Å²) < 4.78 is 5.07. The zero-order chi connectivity index (χ0) is 19.0. The average molecular weight is 356 g/mol. The lowest BCUT2D eigenvalue weighted by Crippen LogP contribution is -2.14. The lowest BCUT2D eigenvalue weighted by Gasteiger charge is -2.13. The van der Waals surface area contributed by atoms with Crippen molar-refractivity contribution in [1.82, 2.24) is 0 Å². The van der Waals surface area contributed by atoms with E-state index in [0.717, 1.165) is 5.56 Å². The number of nitrogens with one attached hydrogen (secondary N) is 2. The van der Waals surface area contributed by atoms with Gasteiger partial charge in [0.25, 0.3) is 11.6 Å². The topological polar surface area (TPSA) is 137 Å². The molecule has 0 saturated carbocycles. The highest BCUT2D eigenvalue weighted by molar-refractivity contribution is 6.09. The Hall–Kier alpha value is -3.62. The molecular weight excluding hydrogens is 340 g/mol. The van der Waals surface area contributed by atoms with Crippen molar-refractivity contribution in [3.8, 4) is 5.75 Å². The van der Waals surface area contributed by atoms with Crippen LogP contribution in [0.25, 0.3) is 0 Å². The van der Waals surface area contributed by atoms with Crippen LogP contribution in [0.3, 0.4) is 0 Å². The van der Waals surface area contributed by atoms with Crippen LogP contribution in [0.5, 0.6) is 5.75 Å². The number of nitro groups is 1. The number of ether oxygens (including phenoxy) is 1. The van der Waals surface area contributed by atoms with Crippen molar-refractivity contribution in [2.45, 2.75) is 12.8 Å². The molecule has 0 aromatic heterocycles. The summed E-state index contributed by atoms with van der Waals surface area (Å²) in [7, 11) is 1.32. The number of nitrogen functional groups attached to an aromatic ring is 1. The first-order chi connectivity index (χ1) is 12.3. The van der Waals surface area contributed by atoms with Gasteiger partial charge >= 0.3 is 0 Å². The first-order valence-electron chi connectivity index (χ1n) is 7.70. The lowest BCUT2D eigenvalue weighted by molar-refractivity contribution is -0.384. The fraction of sp³-hybridized carbons (Fsp3) is 0.176. The van der Waals surface area contributed by atoms with E-state index in [-0.39, 0.29) is 28.8 Å². The summed E-state index contributed by atoms with van der Waals surface area (Å²) in [6, 6.07) is 6.91. The molecule has 0 spiro atoms. The number of carbonyl (C=O) groups is 2. The van der Waals surface area contributed by atoms with Crippen molar-refractivity contribution >= 4 is 34.6 Å². The second-order valence-corrected chi connectivity index (χ2v) is 5.83. The summed E-state index contributed by atoms with van der Waals surface area (Å²) in [5, 5.41) is 16.2. The number of hydrogen-bond acceptors (Lipinski definition) is 6. The van der Waals surface area contributed by atoms with Crippen molar-refractivity contribution in [3.05, 3.63) is 51.6 Å². The van der Waals surface area contributed by atoms with Crippen molar-refractivity contribution in [2.24, 2.45) is 0 Å². The van der Waals surface area contributed by atoms with Gasteiger partial charge in [-0.2, -0.15) is 0 Å². The van der Waals surface area contributed by atoms with Gasteiger partial charge in [-0.3, -0.25) is 19.7 Å². The molecule has 1 aliphatic rings. The molecule has 4 N–H and O–H groups in total. The monoisotopic (exact) mass is 356 g/mol. The maximum Gasteiger partial charge on any atom is 0.273 e. The summed E-state index contributed by atoms with van der Waals surface area (Å²) in [5.41, 5.74) is 7.90. The highest BCUT2D eigenvalue weighted by atomic mass is 16.6. The van der Waals surface area contributed by atoms with Gasteiger partial charge in [0.15, 0.2) is 0 Å². The van der Waals surface area contributed by atoms with Gasteiger partial charge in [-0.15, -0.1) is 0 Å². The zero-order valence-corrected chi connectivity index (χ0v) is 14.0. The van der Waals surface area contributed by atoms with Gasteiger partial charge in [0.05, 0.1) is 41.0 Å². The van der Waals surface area contributed by atoms with Gasteiger partial charge in [0, 0.05) is 11.8 Å². The second kappa shape index (κ2) is 6.36. The normalized spacial score (nSPS) is 15.2. The second-order valence-electron chi connectivity index (χ2n) is 5.83. The van der Waals surface area contributed by atoms with E-state index in [4.69, 9.17) is 10.5 Å². The molecule has 1 atom stereocenters. The standard InChI is InChI=1S/C17H16N4O5/c1-8-11-6-12(18)14(7-13(11)19-16(8)22)20-17(23)10-4-3-9(21(24)25)5-15(10)26-2/h3-8H,18H2,1-2H3,(H,19,22)(H,20,23)/t8-/m1/s1. The van der Waals surface area contributed by atoms with Crippen LogP contribution in [0.2, 0.25) is 0 Å². The smallest absolute Gasteiger partial charge is 0.273 e. The number of benzene rings is 2. The van der Waals surface area contributed by atoms with E-state index in [1.165, 1.54) is 25.3 Å². The Morgan fingerprint density at radius 1 is 1.35 bits per heavy atom. The number of anilines is 3. The molecule has 9 heteroatoms. The predicted molar refractivity (Wildman–Crippen MR) is 95.5 cm³/mol. The third-order valence-electron chi connectivity index (χ3n) is 4.23. The molecule has 0 bridgehead atoms. The SMILES string of the molecule is COc1cc([N+](=O)[O-])ccc1C(=O)Nc1cc2c(cc1N)[C@@H](C)C(=O)N2. The summed E-state index contributed by atoms with van der Waals surface area (Å²) in [5.74, 6) is -0.925. The first kappa shape index (κ1) is 17.2. The molecule has 9 nitrogen and oxygen atoms in total. The van der Waals surface area contributed by atoms with Gasteiger partial charge in [0.2, 0.25) is 5.91 Å². The van der Waals surface area contributed by atoms with Gasteiger partial charge < -0.3 is 21.1 Å². The minimum absolute atomic E-state index is 0.0679. The number of non-ortho nitro benzene ring substituents is 1. The van der Waals surface area contributed by atoms with Gasteiger partial charge in [-0.25, -0.2) is 0 Å². The molecule has 0 radical (unpaired) electrons. The maximum atomic E-state index is 12.6. The molecule has 2 aromatic carbocycles. The number of hydrogen-bond donors (Lipinski definition) is 3. The molecule has 0 saturated heterocycles. The zero-order valence-electron chi connectivity index (χ0n) is 14.0. The molecule has 0 unspecified atom stereocenters. The van der Waals surface area contributed by atoms with Crippen molar-refractivity contribution in [3.63, 3.8) is 0 Å². The van der Waals surface area contributed by atoms with E-state index in [1.54, 1.807) is 19.1 Å². The number of nitrogens with zero attached hydrogens (tertiary/aromatic N) is 1. The highest BCUT2D eigenvalue weighted by Crippen LogP contribution is 2.37. The van der Waals surface area contributed by atoms with E-state index < -0.39 is 10.8 Å². The van der Waals surface area contributed by atoms with E-state index in [1.807, 2.05) is 0 Å². The first-order valence-corrected chi connectivity index (χ1v) is 7.70. The van der Waals surface area contributed by atoms with Crippen LogP contribution < -0.4 is 21.1 Å². The Balaban J connectivity index is 1.91. The number of carbonyl (C=O) groups excluding carboxylic acids is 2. The van der Waals surface area contributed by atoms with Crippen molar-refractivity contribution in [1.29, 1.82) is 0 Å². The molecule has 134 valence electrons. The van der Waals surface area contributed by atoms with Crippen LogP contribution >= 0.6 is 0 Å². The molecule has 2 amide bonds. The number of nitrogens with two attached hydrogens (primary N) is 1. The molecule has 2 aromatic rings. The Labute approximate surface area is 148 Å². The number of nitro benzene ring substituents is 1. The maximum absolute atomic E-state index is 12.6. The molecule has 26 heavy (non-hydrogen) atoms. The molecule has 1 aliphatic heterocycles. The van der Waals surface area contributed by atoms with Gasteiger partial charge in [0.1, 0.15) is 5.75 Å². The van der Waals surface area contributed by atoms with Crippen LogP contribution in [-0.2, 0) is 4.79 Å². The average Bonchev–Trinajstić information content (AvgIpc) is 2.88. The largest absolute Gasteiger partial charge is 0.496 e. The van der Waals surface area contributed by atoms with Crippen LogP contribution in [0.1, 0.15) is 28.8 Å². The minimum atomic E-state index is -0.577. The van der Waals surface area contributed by atoms with Crippen LogP contribution in [0.15, 0.2) is 30.3 Å². The summed E-state index contributed by atoms with van der Waals surface area (Å²) in [4.78, 5) is 34.6. The van der Waals surface area contributed by atoms with E-state index >= 15 is 0 Å². The predicted octanol–water partition coefficient (Wildman–Crippen LogP) is 2.49. The summed E-state index contributed by atoms with van der Waals surface area (Å²) in [6.45, 7) is 1.76. The van der Waals surface area contributed by atoms with Gasteiger partial charge in [-0.05, 0) is 30.7 Å². The molecule has 0 aliphatic carbocycles. The summed E-state index contributed by atoms with van der Waals surface area (Å²) >= 11 is 0. The minimum Gasteiger partial charge on any atom is -0.496 e. The number of fused-ring (bicyclic) bond motifs is 1. The molecule has 1 heterocycles. The van der Waals surface area contributed by atoms with E-state index in [0.29, 0.717) is 17.1 Å². The quantitative estimate of drug-likeness (QED) is 0.437. The summed E-state index contributed by atoms with van der Waals surface area (Å²) in [6.07, 6.45) is 0. The third-order valence-corrected chi connectivity index (χ3v) is 4.23. The third kappa shape index (κ3) is 2.90. The lowest BCUT2D eigenvalue weighted by atomic mass is 10.0. The molecule has 0 fully saturated rings. The number of rotatable bonds is 4. The Bertz CT molecular complexity index is 941. The fourth-order valence-electron chi connectivity index (χ4n) is 2.76. The number of amides is 2. The Morgan fingerprint density at radius 3 is 2.73 bits per heavy atom. The van der Waals surface area contributed by atoms with Crippen LogP contribution in [-0.4, -0.2) is 23.8 Å². The van der Waals surface area contributed by atoms with Crippen LogP contribution in [0.4, 0.5) is 22.7 Å². The van der Waals surface area contributed by atoms with Gasteiger partial charge in [-0.1, -0.05) is 0 Å². The van der Waals surface area contributed by atoms with Crippen LogP contribution in [0, 0.1) is 10.1 Å². The van der Waals surface area contributed by atoms with Crippen molar-refractivity contribution < 1.29 is 19.2 Å². The fourth-order valence-corrected chi connectivity index (χ4v) is 2.76. The van der Waals surface area contributed by atoms with Crippen molar-refractivity contribution in [2.75, 3.05) is 23.5 Å². The number of methoxy groups -OCH3 is 1.